The van der Waals surface area contributed by atoms with E-state index in [-0.39, 0.29) is 6.54 Å². The molecule has 1 aromatic rings. The van der Waals surface area contributed by atoms with Crippen molar-refractivity contribution in [2.45, 2.75) is 19.3 Å². The summed E-state index contributed by atoms with van der Waals surface area (Å²) >= 11 is 0. The van der Waals surface area contributed by atoms with Crippen LogP contribution in [0.3, 0.4) is 0 Å². The number of fused-ring (bicyclic) bond motifs is 1. The highest BCUT2D eigenvalue weighted by atomic mass is 16.5. The molecule has 0 unspecified atom stereocenters. The number of nitrogens with zero attached hydrogens (tertiary/aromatic N) is 2. The van der Waals surface area contributed by atoms with Crippen LogP contribution in [0.25, 0.3) is 0 Å². The van der Waals surface area contributed by atoms with Crippen LogP contribution >= 0.6 is 0 Å². The van der Waals surface area contributed by atoms with Crippen LogP contribution in [0.2, 0.25) is 0 Å². The summed E-state index contributed by atoms with van der Waals surface area (Å²) < 4.78 is 4.85. The minimum atomic E-state index is -0.805. The molecule has 0 spiro atoms. The molecule has 0 aromatic heterocycles. The average molecular weight is 345 g/mol. The molecular weight excluding hydrogens is 326 g/mol. The van der Waals surface area contributed by atoms with E-state index in [1.165, 1.54) is 23.1 Å². The lowest BCUT2D eigenvalue weighted by atomic mass is 10.1. The van der Waals surface area contributed by atoms with E-state index in [0.717, 1.165) is 24.2 Å². The number of carbonyl (C=O) groups excluding carboxylic acids is 4. The largest absolute Gasteiger partial charge is 0.454 e. The number of benzene rings is 1. The molecule has 0 radical (unpaired) electrons. The molecule has 0 bridgehead atoms. The Kier molecular flexibility index (Phi) is 4.69. The van der Waals surface area contributed by atoms with Crippen molar-refractivity contribution in [1.29, 1.82) is 0 Å². The highest BCUT2D eigenvalue weighted by Gasteiger charge is 2.35. The van der Waals surface area contributed by atoms with E-state index in [9.17, 15) is 19.2 Å². The topological polar surface area (TPSA) is 96.0 Å². The Bertz CT molecular complexity index is 746. The Hall–Kier alpha value is -2.90. The average Bonchev–Trinajstić information content (AvgIpc) is 3.12. The predicted molar refractivity (Wildman–Crippen MR) is 87.8 cm³/mol. The van der Waals surface area contributed by atoms with Crippen LogP contribution in [0.1, 0.15) is 17.5 Å². The minimum absolute atomic E-state index is 0.0646. The molecule has 3 rings (SSSR count). The fourth-order valence-electron chi connectivity index (χ4n) is 2.99. The number of carbonyl (C=O) groups is 4. The molecule has 2 aliphatic rings. The van der Waals surface area contributed by atoms with E-state index >= 15 is 0 Å². The van der Waals surface area contributed by atoms with Gasteiger partial charge >= 0.3 is 12.0 Å². The normalized spacial score (nSPS) is 16.2. The number of nitrogens with one attached hydrogen (secondary N) is 1. The Balaban J connectivity index is 1.46. The fourth-order valence-corrected chi connectivity index (χ4v) is 2.99. The van der Waals surface area contributed by atoms with Gasteiger partial charge in [0, 0.05) is 12.7 Å². The first-order chi connectivity index (χ1) is 11.9. The van der Waals surface area contributed by atoms with E-state index in [2.05, 4.69) is 5.32 Å². The zero-order chi connectivity index (χ0) is 18.0. The lowest BCUT2D eigenvalue weighted by molar-refractivity contribution is -0.149. The van der Waals surface area contributed by atoms with Crippen molar-refractivity contribution in [1.82, 2.24) is 9.80 Å². The third-order valence-corrected chi connectivity index (χ3v) is 4.26. The number of imide groups is 1. The SMILES string of the molecule is CN1CC(=O)N(CC(=O)OCC(=O)Nc2ccc3c(c2)CCC3)C1=O. The summed E-state index contributed by atoms with van der Waals surface area (Å²) in [6, 6.07) is 5.19. The first kappa shape index (κ1) is 16.9. The smallest absolute Gasteiger partial charge is 0.327 e. The molecule has 1 aromatic carbocycles. The van der Waals surface area contributed by atoms with Crippen molar-refractivity contribution in [2.75, 3.05) is 32.1 Å². The molecule has 8 heteroatoms. The second-order valence-corrected chi connectivity index (χ2v) is 6.16. The van der Waals surface area contributed by atoms with Crippen LogP contribution in [0.4, 0.5) is 10.5 Å². The highest BCUT2D eigenvalue weighted by Crippen LogP contribution is 2.24. The third-order valence-electron chi connectivity index (χ3n) is 4.26. The van der Waals surface area contributed by atoms with Gasteiger partial charge in [0.15, 0.2) is 6.61 Å². The molecule has 25 heavy (non-hydrogen) atoms. The molecule has 1 fully saturated rings. The van der Waals surface area contributed by atoms with Gasteiger partial charge < -0.3 is 15.0 Å². The summed E-state index contributed by atoms with van der Waals surface area (Å²) in [5.74, 6) is -1.74. The number of likely N-dealkylation sites (N-methyl/N-ethyl adjacent to an activating group) is 1. The van der Waals surface area contributed by atoms with Gasteiger partial charge in [0.05, 0.1) is 0 Å². The summed E-state index contributed by atoms with van der Waals surface area (Å²) in [5.41, 5.74) is 3.19. The second kappa shape index (κ2) is 6.92. The van der Waals surface area contributed by atoms with Gasteiger partial charge in [-0.1, -0.05) is 6.07 Å². The number of amides is 4. The molecule has 1 N–H and O–H groups in total. The van der Waals surface area contributed by atoms with Crippen molar-refractivity contribution >= 4 is 29.5 Å². The van der Waals surface area contributed by atoms with Crippen LogP contribution in [0.15, 0.2) is 18.2 Å². The maximum absolute atomic E-state index is 11.9. The summed E-state index contributed by atoms with van der Waals surface area (Å²) in [7, 11) is 1.47. The minimum Gasteiger partial charge on any atom is -0.454 e. The number of anilines is 1. The molecule has 0 atom stereocenters. The van der Waals surface area contributed by atoms with Gasteiger partial charge in [-0.15, -0.1) is 0 Å². The van der Waals surface area contributed by atoms with Crippen LogP contribution in [0.5, 0.6) is 0 Å². The van der Waals surface area contributed by atoms with Gasteiger partial charge in [0.2, 0.25) is 0 Å². The maximum atomic E-state index is 11.9. The second-order valence-electron chi connectivity index (χ2n) is 6.16. The van der Waals surface area contributed by atoms with E-state index in [4.69, 9.17) is 4.74 Å². The Morgan fingerprint density at radius 2 is 1.96 bits per heavy atom. The molecule has 1 aliphatic carbocycles. The number of hydrogen-bond donors (Lipinski definition) is 1. The van der Waals surface area contributed by atoms with Crippen molar-refractivity contribution in [3.05, 3.63) is 29.3 Å². The third kappa shape index (κ3) is 3.78. The summed E-state index contributed by atoms with van der Waals surface area (Å²) in [6.07, 6.45) is 3.18. The lowest BCUT2D eigenvalue weighted by Gasteiger charge is -2.13. The van der Waals surface area contributed by atoms with Crippen molar-refractivity contribution in [3.8, 4) is 0 Å². The van der Waals surface area contributed by atoms with Gasteiger partial charge in [0.25, 0.3) is 11.8 Å². The Labute approximate surface area is 144 Å². The number of hydrogen-bond acceptors (Lipinski definition) is 5. The number of esters is 1. The highest BCUT2D eigenvalue weighted by molar-refractivity contribution is 6.04. The fraction of sp³-hybridized carbons (Fsp3) is 0.412. The van der Waals surface area contributed by atoms with Crippen molar-refractivity contribution < 1.29 is 23.9 Å². The lowest BCUT2D eigenvalue weighted by Crippen LogP contribution is -2.37. The van der Waals surface area contributed by atoms with E-state index in [1.807, 2.05) is 18.2 Å². The molecule has 1 aliphatic heterocycles. The quantitative estimate of drug-likeness (QED) is 0.621. The number of ether oxygens (including phenoxy) is 1. The van der Waals surface area contributed by atoms with Gasteiger partial charge in [0.1, 0.15) is 13.1 Å². The maximum Gasteiger partial charge on any atom is 0.327 e. The Morgan fingerprint density at radius 1 is 1.20 bits per heavy atom. The van der Waals surface area contributed by atoms with Crippen LogP contribution < -0.4 is 5.32 Å². The van der Waals surface area contributed by atoms with Gasteiger partial charge in [-0.2, -0.15) is 0 Å². The first-order valence-corrected chi connectivity index (χ1v) is 8.07. The number of urea groups is 1. The van der Waals surface area contributed by atoms with Crippen molar-refractivity contribution in [3.63, 3.8) is 0 Å². The molecule has 0 saturated carbocycles. The van der Waals surface area contributed by atoms with E-state index in [1.54, 1.807) is 0 Å². The monoisotopic (exact) mass is 345 g/mol. The van der Waals surface area contributed by atoms with E-state index in [0.29, 0.717) is 5.69 Å². The van der Waals surface area contributed by atoms with Crippen LogP contribution in [0, 0.1) is 0 Å². The first-order valence-electron chi connectivity index (χ1n) is 8.07. The molecule has 4 amide bonds. The van der Waals surface area contributed by atoms with Gasteiger partial charge in [-0.25, -0.2) is 4.79 Å². The molecule has 8 nitrogen and oxygen atoms in total. The summed E-state index contributed by atoms with van der Waals surface area (Å²) in [5, 5.41) is 2.67. The zero-order valence-corrected chi connectivity index (χ0v) is 13.9. The van der Waals surface area contributed by atoms with Crippen molar-refractivity contribution in [2.24, 2.45) is 0 Å². The van der Waals surface area contributed by atoms with Crippen LogP contribution in [-0.2, 0) is 32.0 Å². The standard InChI is InChI=1S/C17H19N3O5/c1-19-8-15(22)20(17(19)24)9-16(23)25-10-14(21)18-13-6-5-11-3-2-4-12(11)7-13/h5-7H,2-4,8-10H2,1H3,(H,18,21). The molecule has 1 saturated heterocycles. The van der Waals surface area contributed by atoms with Crippen LogP contribution in [-0.4, -0.2) is 60.4 Å². The summed E-state index contributed by atoms with van der Waals surface area (Å²) in [4.78, 5) is 48.9. The van der Waals surface area contributed by atoms with Gasteiger partial charge in [-0.05, 0) is 42.5 Å². The van der Waals surface area contributed by atoms with Gasteiger partial charge in [-0.3, -0.25) is 19.3 Å². The Morgan fingerprint density at radius 3 is 2.68 bits per heavy atom. The van der Waals surface area contributed by atoms with E-state index < -0.39 is 37.0 Å². The zero-order valence-electron chi connectivity index (χ0n) is 13.9. The molecular formula is C17H19N3O5. The number of aryl methyl sites for hydroxylation is 2. The molecule has 132 valence electrons. The predicted octanol–water partition coefficient (Wildman–Crippen LogP) is 0.551. The summed E-state index contributed by atoms with van der Waals surface area (Å²) in [6.45, 7) is -1.03. The number of rotatable bonds is 5. The molecule has 1 heterocycles.